The molecule has 5 nitrogen and oxygen atoms in total. The Morgan fingerprint density at radius 2 is 1.69 bits per heavy atom. The van der Waals surface area contributed by atoms with Crippen LogP contribution in [0.1, 0.15) is 5.69 Å². The van der Waals surface area contributed by atoms with E-state index < -0.39 is 11.9 Å². The van der Waals surface area contributed by atoms with Crippen LogP contribution in [0.5, 0.6) is 0 Å². The monoisotopic (exact) mass is 365 g/mol. The van der Waals surface area contributed by atoms with Crippen LogP contribution in [0.15, 0.2) is 36.5 Å². The molecule has 1 aliphatic heterocycles. The summed E-state index contributed by atoms with van der Waals surface area (Å²) in [7, 11) is 0. The van der Waals surface area contributed by atoms with Crippen LogP contribution in [0.2, 0.25) is 0 Å². The number of nitrogens with one attached hydrogen (secondary N) is 1. The zero-order valence-corrected chi connectivity index (χ0v) is 13.6. The SMILES string of the molecule is Fc1ccc2nc(N3CCN(c4ccc(C(F)(F)F)nc4)CC3)[nH]c2c1. The number of hydrogen-bond acceptors (Lipinski definition) is 4. The molecule has 0 unspecified atom stereocenters. The van der Waals surface area contributed by atoms with Crippen molar-refractivity contribution in [3.05, 3.63) is 48.0 Å². The van der Waals surface area contributed by atoms with Crippen LogP contribution in [-0.4, -0.2) is 41.1 Å². The highest BCUT2D eigenvalue weighted by Gasteiger charge is 2.32. The summed E-state index contributed by atoms with van der Waals surface area (Å²) in [6, 6.07) is 6.82. The van der Waals surface area contributed by atoms with Crippen LogP contribution in [-0.2, 0) is 6.18 Å². The van der Waals surface area contributed by atoms with Crippen molar-refractivity contribution in [1.82, 2.24) is 15.0 Å². The number of halogens is 4. The van der Waals surface area contributed by atoms with Crippen LogP contribution in [0.4, 0.5) is 29.2 Å². The number of nitrogens with zero attached hydrogens (tertiary/aromatic N) is 4. The summed E-state index contributed by atoms with van der Waals surface area (Å²) in [5.74, 6) is 0.336. The fourth-order valence-electron chi connectivity index (χ4n) is 3.04. The van der Waals surface area contributed by atoms with Gasteiger partial charge in [-0.15, -0.1) is 0 Å². The van der Waals surface area contributed by atoms with E-state index in [0.29, 0.717) is 48.8 Å². The molecule has 1 N–H and O–H groups in total. The van der Waals surface area contributed by atoms with Gasteiger partial charge in [0.1, 0.15) is 11.5 Å². The topological polar surface area (TPSA) is 48.1 Å². The third-order valence-electron chi connectivity index (χ3n) is 4.41. The molecule has 1 fully saturated rings. The third kappa shape index (κ3) is 3.16. The molecule has 1 saturated heterocycles. The van der Waals surface area contributed by atoms with Gasteiger partial charge in [0.2, 0.25) is 5.95 Å². The second-order valence-electron chi connectivity index (χ2n) is 6.10. The predicted molar refractivity (Wildman–Crippen MR) is 89.7 cm³/mol. The van der Waals surface area contributed by atoms with E-state index in [2.05, 4.69) is 15.0 Å². The Morgan fingerprint density at radius 1 is 0.962 bits per heavy atom. The smallest absolute Gasteiger partial charge is 0.367 e. The second-order valence-corrected chi connectivity index (χ2v) is 6.10. The van der Waals surface area contributed by atoms with E-state index in [9.17, 15) is 17.6 Å². The van der Waals surface area contributed by atoms with E-state index in [1.54, 1.807) is 6.07 Å². The van der Waals surface area contributed by atoms with E-state index in [-0.39, 0.29) is 5.82 Å². The molecular formula is C17H15F4N5. The standard InChI is InChI=1S/C17H15F4N5/c18-11-1-3-13-14(9-11)24-16(23-13)26-7-5-25(6-8-26)12-2-4-15(22-10-12)17(19,20)21/h1-4,9-10H,5-8H2,(H,23,24). The lowest BCUT2D eigenvalue weighted by molar-refractivity contribution is -0.141. The van der Waals surface area contributed by atoms with Crippen LogP contribution >= 0.6 is 0 Å². The van der Waals surface area contributed by atoms with Gasteiger partial charge >= 0.3 is 6.18 Å². The molecule has 26 heavy (non-hydrogen) atoms. The van der Waals surface area contributed by atoms with Crippen molar-refractivity contribution >= 4 is 22.7 Å². The van der Waals surface area contributed by atoms with Gasteiger partial charge in [0.15, 0.2) is 0 Å². The lowest BCUT2D eigenvalue weighted by Gasteiger charge is -2.35. The molecule has 3 heterocycles. The summed E-state index contributed by atoms with van der Waals surface area (Å²) in [6.07, 6.45) is -3.18. The molecule has 0 atom stereocenters. The first-order valence-corrected chi connectivity index (χ1v) is 8.08. The number of hydrogen-bond donors (Lipinski definition) is 1. The van der Waals surface area contributed by atoms with Gasteiger partial charge in [0, 0.05) is 26.2 Å². The predicted octanol–water partition coefficient (Wildman–Crippen LogP) is 3.44. The van der Waals surface area contributed by atoms with Crippen molar-refractivity contribution in [1.29, 1.82) is 0 Å². The van der Waals surface area contributed by atoms with Gasteiger partial charge < -0.3 is 14.8 Å². The molecule has 9 heteroatoms. The number of imidazole rings is 1. The molecule has 0 amide bonds. The molecule has 0 saturated carbocycles. The first-order chi connectivity index (χ1) is 12.4. The number of aromatic nitrogens is 3. The van der Waals surface area contributed by atoms with Crippen LogP contribution in [0.3, 0.4) is 0 Å². The highest BCUT2D eigenvalue weighted by molar-refractivity contribution is 5.77. The van der Waals surface area contributed by atoms with Crippen molar-refractivity contribution in [2.75, 3.05) is 36.0 Å². The normalized spacial score (nSPS) is 15.7. The van der Waals surface area contributed by atoms with E-state index in [4.69, 9.17) is 0 Å². The fourth-order valence-corrected chi connectivity index (χ4v) is 3.04. The highest BCUT2D eigenvalue weighted by atomic mass is 19.4. The molecule has 3 aromatic rings. The Labute approximate surface area is 146 Å². The number of pyridine rings is 1. The number of rotatable bonds is 2. The molecule has 0 radical (unpaired) electrons. The molecule has 1 aromatic carbocycles. The Hall–Kier alpha value is -2.84. The zero-order valence-electron chi connectivity index (χ0n) is 13.6. The number of H-pyrrole nitrogens is 1. The van der Waals surface area contributed by atoms with Crippen LogP contribution in [0.25, 0.3) is 11.0 Å². The number of aromatic amines is 1. The number of benzene rings is 1. The van der Waals surface area contributed by atoms with Gasteiger partial charge in [-0.05, 0) is 30.3 Å². The van der Waals surface area contributed by atoms with Crippen LogP contribution < -0.4 is 9.80 Å². The quantitative estimate of drug-likeness (QED) is 0.707. The Bertz CT molecular complexity index is 911. The van der Waals surface area contributed by atoms with Gasteiger partial charge in [0.05, 0.1) is 22.9 Å². The summed E-state index contributed by atoms with van der Waals surface area (Å²) in [5.41, 5.74) is 1.09. The lowest BCUT2D eigenvalue weighted by Crippen LogP contribution is -2.47. The molecule has 2 aromatic heterocycles. The highest BCUT2D eigenvalue weighted by Crippen LogP contribution is 2.29. The molecule has 0 bridgehead atoms. The van der Waals surface area contributed by atoms with Crippen LogP contribution in [0, 0.1) is 5.82 Å². The van der Waals surface area contributed by atoms with Gasteiger partial charge in [-0.1, -0.05) is 0 Å². The third-order valence-corrected chi connectivity index (χ3v) is 4.41. The minimum Gasteiger partial charge on any atom is -0.367 e. The van der Waals surface area contributed by atoms with Gasteiger partial charge in [0.25, 0.3) is 0 Å². The summed E-state index contributed by atoms with van der Waals surface area (Å²) < 4.78 is 51.1. The Kier molecular flexibility index (Phi) is 3.93. The van der Waals surface area contributed by atoms with E-state index >= 15 is 0 Å². The Balaban J connectivity index is 1.44. The number of fused-ring (bicyclic) bond motifs is 1. The number of anilines is 2. The van der Waals surface area contributed by atoms with E-state index in [1.165, 1.54) is 24.4 Å². The largest absolute Gasteiger partial charge is 0.433 e. The summed E-state index contributed by atoms with van der Waals surface area (Å²) in [5, 5.41) is 0. The average Bonchev–Trinajstić information content (AvgIpc) is 3.04. The van der Waals surface area contributed by atoms with Crippen molar-refractivity contribution in [2.24, 2.45) is 0 Å². The summed E-state index contributed by atoms with van der Waals surface area (Å²) in [4.78, 5) is 15.1. The molecule has 4 rings (SSSR count). The molecular weight excluding hydrogens is 350 g/mol. The van der Waals surface area contributed by atoms with Crippen molar-refractivity contribution in [2.45, 2.75) is 6.18 Å². The average molecular weight is 365 g/mol. The van der Waals surface area contributed by atoms with Gasteiger partial charge in [-0.2, -0.15) is 13.2 Å². The lowest BCUT2D eigenvalue weighted by atomic mass is 10.2. The number of piperazine rings is 1. The minimum absolute atomic E-state index is 0.327. The zero-order chi connectivity index (χ0) is 18.3. The first kappa shape index (κ1) is 16.6. The minimum atomic E-state index is -4.43. The van der Waals surface area contributed by atoms with Gasteiger partial charge in [-0.3, -0.25) is 0 Å². The summed E-state index contributed by atoms with van der Waals surface area (Å²) in [6.45, 7) is 2.53. The van der Waals surface area contributed by atoms with Gasteiger partial charge in [-0.25, -0.2) is 14.4 Å². The fraction of sp³-hybridized carbons (Fsp3) is 0.294. The maximum atomic E-state index is 13.3. The van der Waals surface area contributed by atoms with Crippen molar-refractivity contribution in [3.63, 3.8) is 0 Å². The molecule has 0 aliphatic carbocycles. The first-order valence-electron chi connectivity index (χ1n) is 8.08. The summed E-state index contributed by atoms with van der Waals surface area (Å²) >= 11 is 0. The van der Waals surface area contributed by atoms with Crippen molar-refractivity contribution in [3.8, 4) is 0 Å². The molecule has 1 aliphatic rings. The second kappa shape index (κ2) is 6.15. The Morgan fingerprint density at radius 3 is 2.35 bits per heavy atom. The molecule has 136 valence electrons. The number of alkyl halides is 3. The maximum Gasteiger partial charge on any atom is 0.433 e. The molecule has 0 spiro atoms. The maximum absolute atomic E-state index is 13.3. The van der Waals surface area contributed by atoms with E-state index in [1.807, 2.05) is 9.80 Å². The van der Waals surface area contributed by atoms with E-state index in [0.717, 1.165) is 6.07 Å². The van der Waals surface area contributed by atoms with Crippen molar-refractivity contribution < 1.29 is 17.6 Å².